The largest absolute Gasteiger partial charge is 0.478 e. The summed E-state index contributed by atoms with van der Waals surface area (Å²) < 4.78 is 5.92. The summed E-state index contributed by atoms with van der Waals surface area (Å²) in [6.45, 7) is 1.56. The molecule has 3 heterocycles. The molecule has 9 heteroatoms. The van der Waals surface area contributed by atoms with E-state index in [4.69, 9.17) is 4.74 Å². The smallest absolute Gasteiger partial charge is 0.406 e. The second-order valence-electron chi connectivity index (χ2n) is 4.47. The van der Waals surface area contributed by atoms with Gasteiger partial charge in [0.05, 0.1) is 5.52 Å². The Morgan fingerprint density at radius 1 is 1.36 bits per heavy atom. The maximum absolute atomic E-state index is 11.8. The summed E-state index contributed by atoms with van der Waals surface area (Å²) >= 11 is 1.30. The van der Waals surface area contributed by atoms with E-state index in [0.29, 0.717) is 21.7 Å². The Morgan fingerprint density at radius 2 is 2.18 bits per heavy atom. The van der Waals surface area contributed by atoms with Crippen molar-refractivity contribution < 1.29 is 9.66 Å². The first kappa shape index (κ1) is 14.1. The van der Waals surface area contributed by atoms with Gasteiger partial charge < -0.3 is 19.8 Å². The fourth-order valence-corrected chi connectivity index (χ4v) is 2.64. The molecule has 0 aliphatic heterocycles. The van der Waals surface area contributed by atoms with Crippen LogP contribution in [0.5, 0.6) is 5.75 Å². The number of fused-ring (bicyclic) bond motifs is 1. The number of H-pyrrole nitrogens is 1. The minimum Gasteiger partial charge on any atom is -0.478 e. The number of aromatic amines is 1. The van der Waals surface area contributed by atoms with Crippen molar-refractivity contribution in [1.29, 1.82) is 0 Å². The lowest BCUT2D eigenvalue weighted by Gasteiger charge is -2.06. The molecule has 0 fully saturated rings. The van der Waals surface area contributed by atoms with Crippen LogP contribution in [0.25, 0.3) is 10.2 Å². The first-order valence-corrected chi connectivity index (χ1v) is 7.14. The third-order valence-corrected chi connectivity index (χ3v) is 3.78. The number of hydrogen-bond donors (Lipinski definition) is 1. The van der Waals surface area contributed by atoms with Crippen molar-refractivity contribution in [3.8, 4) is 5.75 Å². The zero-order valence-corrected chi connectivity index (χ0v) is 12.2. The predicted molar refractivity (Wildman–Crippen MR) is 80.2 cm³/mol. The van der Waals surface area contributed by atoms with Gasteiger partial charge in [0.15, 0.2) is 0 Å². The molecule has 3 aromatic rings. The van der Waals surface area contributed by atoms with Gasteiger partial charge in [-0.2, -0.15) is 0 Å². The molecule has 0 spiro atoms. The number of pyridine rings is 1. The molecule has 0 bridgehead atoms. The topological polar surface area (TPSA) is 111 Å². The van der Waals surface area contributed by atoms with Crippen LogP contribution in [0, 0.1) is 17.0 Å². The number of nitrogens with one attached hydrogen (secondary N) is 1. The quantitative estimate of drug-likeness (QED) is 0.583. The van der Waals surface area contributed by atoms with Gasteiger partial charge in [-0.1, -0.05) is 0 Å². The molecule has 3 aromatic heterocycles. The number of aromatic nitrogens is 3. The fraction of sp³-hybridized carbons (Fsp3) is 0.154. The average Bonchev–Trinajstić information content (AvgIpc) is 2.94. The first-order valence-electron chi connectivity index (χ1n) is 6.26. The van der Waals surface area contributed by atoms with Gasteiger partial charge in [0, 0.05) is 6.92 Å². The van der Waals surface area contributed by atoms with Gasteiger partial charge >= 0.3 is 5.82 Å². The van der Waals surface area contributed by atoms with E-state index in [1.54, 1.807) is 24.4 Å². The highest BCUT2D eigenvalue weighted by atomic mass is 32.1. The van der Waals surface area contributed by atoms with Crippen molar-refractivity contribution in [2.75, 3.05) is 0 Å². The molecule has 3 rings (SSSR count). The molecule has 0 aliphatic carbocycles. The molecule has 0 saturated heterocycles. The van der Waals surface area contributed by atoms with Crippen LogP contribution in [0.4, 0.5) is 5.82 Å². The maximum Gasteiger partial charge on any atom is 0.406 e. The zero-order valence-electron chi connectivity index (χ0n) is 11.4. The number of hydrogen-bond acceptors (Lipinski definition) is 7. The summed E-state index contributed by atoms with van der Waals surface area (Å²) in [4.78, 5) is 32.9. The summed E-state index contributed by atoms with van der Waals surface area (Å²) in [6.07, 6.45) is 0. The SMILES string of the molecule is Cc1ccc(OCc2nc3ccsc3c(=O)[nH]2)c([N+](=O)[O-])n1. The number of ether oxygens (including phenoxy) is 1. The Morgan fingerprint density at radius 3 is 2.95 bits per heavy atom. The first-order chi connectivity index (χ1) is 10.5. The van der Waals surface area contributed by atoms with Gasteiger partial charge in [0.1, 0.15) is 22.8 Å². The molecule has 22 heavy (non-hydrogen) atoms. The molecular weight excluding hydrogens is 308 g/mol. The Labute approximate surface area is 127 Å². The van der Waals surface area contributed by atoms with Crippen molar-refractivity contribution in [2.24, 2.45) is 0 Å². The van der Waals surface area contributed by atoms with E-state index < -0.39 is 4.92 Å². The molecule has 8 nitrogen and oxygen atoms in total. The molecule has 0 unspecified atom stereocenters. The van der Waals surface area contributed by atoms with Gasteiger partial charge in [-0.3, -0.25) is 4.79 Å². The van der Waals surface area contributed by atoms with Crippen LogP contribution < -0.4 is 10.3 Å². The lowest BCUT2D eigenvalue weighted by Crippen LogP contribution is -2.12. The van der Waals surface area contributed by atoms with Gasteiger partial charge in [-0.05, 0) is 33.5 Å². The molecule has 0 atom stereocenters. The normalized spacial score (nSPS) is 10.8. The van der Waals surface area contributed by atoms with Gasteiger partial charge in [0.25, 0.3) is 5.56 Å². The van der Waals surface area contributed by atoms with E-state index >= 15 is 0 Å². The highest BCUT2D eigenvalue weighted by Crippen LogP contribution is 2.25. The molecule has 0 aliphatic rings. The van der Waals surface area contributed by atoms with E-state index in [-0.39, 0.29) is 23.7 Å². The second-order valence-corrected chi connectivity index (χ2v) is 5.38. The molecule has 0 amide bonds. The van der Waals surface area contributed by atoms with Crippen LogP contribution in [-0.2, 0) is 6.61 Å². The van der Waals surface area contributed by atoms with E-state index in [2.05, 4.69) is 15.0 Å². The Bertz CT molecular complexity index is 918. The molecule has 0 saturated carbocycles. The number of thiophene rings is 1. The Kier molecular flexibility index (Phi) is 3.55. The van der Waals surface area contributed by atoms with Crippen LogP contribution in [-0.4, -0.2) is 19.9 Å². The zero-order chi connectivity index (χ0) is 15.7. The fourth-order valence-electron chi connectivity index (χ4n) is 1.91. The summed E-state index contributed by atoms with van der Waals surface area (Å²) in [7, 11) is 0. The van der Waals surface area contributed by atoms with Crippen LogP contribution >= 0.6 is 11.3 Å². The van der Waals surface area contributed by atoms with Crippen LogP contribution in [0.2, 0.25) is 0 Å². The highest BCUT2D eigenvalue weighted by Gasteiger charge is 2.18. The van der Waals surface area contributed by atoms with Crippen LogP contribution in [0.1, 0.15) is 11.5 Å². The minimum atomic E-state index is -0.611. The molecular formula is C13H10N4O4S. The monoisotopic (exact) mass is 318 g/mol. The number of aryl methyl sites for hydroxylation is 1. The number of rotatable bonds is 4. The Balaban J connectivity index is 1.88. The van der Waals surface area contributed by atoms with Gasteiger partial charge in [-0.25, -0.2) is 4.98 Å². The van der Waals surface area contributed by atoms with E-state index in [1.165, 1.54) is 17.4 Å². The summed E-state index contributed by atoms with van der Waals surface area (Å²) in [6, 6.07) is 4.82. The third kappa shape index (κ3) is 2.66. The Hall–Kier alpha value is -2.81. The minimum absolute atomic E-state index is 0.0312. The molecule has 112 valence electrons. The lowest BCUT2D eigenvalue weighted by atomic mass is 10.3. The van der Waals surface area contributed by atoms with Crippen molar-refractivity contribution in [3.63, 3.8) is 0 Å². The third-order valence-electron chi connectivity index (χ3n) is 2.88. The van der Waals surface area contributed by atoms with Gasteiger partial charge in [0.2, 0.25) is 5.75 Å². The van der Waals surface area contributed by atoms with Crippen molar-refractivity contribution in [2.45, 2.75) is 13.5 Å². The lowest BCUT2D eigenvalue weighted by molar-refractivity contribution is -0.390. The summed E-state index contributed by atoms with van der Waals surface area (Å²) in [5.41, 5.74) is 0.837. The molecule has 0 radical (unpaired) electrons. The molecule has 1 N–H and O–H groups in total. The molecule has 0 aromatic carbocycles. The predicted octanol–water partition coefficient (Wildman–Crippen LogP) is 2.18. The highest BCUT2D eigenvalue weighted by molar-refractivity contribution is 7.17. The summed E-state index contributed by atoms with van der Waals surface area (Å²) in [5, 5.41) is 12.7. The second kappa shape index (κ2) is 5.53. The van der Waals surface area contributed by atoms with Crippen LogP contribution in [0.15, 0.2) is 28.4 Å². The number of nitrogens with zero attached hydrogens (tertiary/aromatic N) is 3. The van der Waals surface area contributed by atoms with E-state index in [9.17, 15) is 14.9 Å². The van der Waals surface area contributed by atoms with E-state index in [0.717, 1.165) is 0 Å². The van der Waals surface area contributed by atoms with Gasteiger partial charge in [-0.15, -0.1) is 11.3 Å². The number of nitro groups is 1. The standard InChI is InChI=1S/C13H10N4O4S/c1-7-2-3-9(12(14-7)17(19)20)21-6-10-15-8-4-5-22-11(8)13(18)16-10/h2-5H,6H2,1H3,(H,15,16,18). The van der Waals surface area contributed by atoms with Crippen molar-refractivity contribution >= 4 is 27.4 Å². The van der Waals surface area contributed by atoms with Crippen LogP contribution in [0.3, 0.4) is 0 Å². The maximum atomic E-state index is 11.8. The van der Waals surface area contributed by atoms with Crippen molar-refractivity contribution in [3.05, 3.63) is 55.6 Å². The van der Waals surface area contributed by atoms with Crippen molar-refractivity contribution in [1.82, 2.24) is 15.0 Å². The van der Waals surface area contributed by atoms with E-state index in [1.807, 2.05) is 0 Å². The summed E-state index contributed by atoms with van der Waals surface area (Å²) in [5.74, 6) is -0.0339. The average molecular weight is 318 g/mol.